The third-order valence-electron chi connectivity index (χ3n) is 3.04. The molecular formula is C15H18N2O. The summed E-state index contributed by atoms with van der Waals surface area (Å²) in [5.41, 5.74) is 3.04. The van der Waals surface area contributed by atoms with Crippen LogP contribution in [0.15, 0.2) is 36.5 Å². The highest BCUT2D eigenvalue weighted by atomic mass is 16.1. The van der Waals surface area contributed by atoms with E-state index in [9.17, 15) is 4.79 Å². The molecule has 0 bridgehead atoms. The molecule has 2 aromatic rings. The Kier molecular flexibility index (Phi) is 3.92. The summed E-state index contributed by atoms with van der Waals surface area (Å²) in [5.74, 6) is 0.102. The number of rotatable bonds is 5. The summed E-state index contributed by atoms with van der Waals surface area (Å²) in [5, 5.41) is 4.12. The number of hydrogen-bond acceptors (Lipinski definition) is 2. The monoisotopic (exact) mass is 242 g/mol. The molecule has 0 aliphatic heterocycles. The molecule has 0 atom stereocenters. The number of carbonyl (C=O) groups excluding carboxylic acids is 1. The number of ketones is 1. The number of Topliss-reactive ketones (excluding diaryl/α,β-unsaturated/α-hetero) is 1. The number of carbonyl (C=O) groups is 1. The Balaban J connectivity index is 2.07. The quantitative estimate of drug-likeness (QED) is 0.755. The van der Waals surface area contributed by atoms with Gasteiger partial charge in [0.15, 0.2) is 5.78 Å². The average Bonchev–Trinajstić information content (AvgIpc) is 2.76. The molecule has 0 amide bonds. The predicted octanol–water partition coefficient (Wildman–Crippen LogP) is 3.03. The first kappa shape index (κ1) is 12.6. The van der Waals surface area contributed by atoms with Crippen molar-refractivity contribution in [2.75, 3.05) is 0 Å². The van der Waals surface area contributed by atoms with Gasteiger partial charge in [-0.05, 0) is 25.0 Å². The number of benzene rings is 1. The van der Waals surface area contributed by atoms with E-state index in [4.69, 9.17) is 0 Å². The van der Waals surface area contributed by atoms with E-state index in [0.29, 0.717) is 6.54 Å². The molecule has 2 rings (SSSR count). The fourth-order valence-electron chi connectivity index (χ4n) is 1.94. The van der Waals surface area contributed by atoms with Crippen molar-refractivity contribution >= 4 is 5.78 Å². The SMILES string of the molecule is CCCc1ccc(C(=O)Cn2nccc2C)cc1. The molecule has 18 heavy (non-hydrogen) atoms. The molecule has 0 spiro atoms. The Labute approximate surface area is 107 Å². The summed E-state index contributed by atoms with van der Waals surface area (Å²) >= 11 is 0. The van der Waals surface area contributed by atoms with Crippen LogP contribution < -0.4 is 0 Å². The van der Waals surface area contributed by atoms with Crippen LogP contribution in [0.4, 0.5) is 0 Å². The van der Waals surface area contributed by atoms with Gasteiger partial charge in [0.1, 0.15) is 6.54 Å². The third-order valence-corrected chi connectivity index (χ3v) is 3.04. The van der Waals surface area contributed by atoms with Crippen LogP contribution in [-0.2, 0) is 13.0 Å². The lowest BCUT2D eigenvalue weighted by molar-refractivity contribution is 0.0967. The van der Waals surface area contributed by atoms with Crippen molar-refractivity contribution in [2.24, 2.45) is 0 Å². The molecule has 1 aromatic heterocycles. The lowest BCUT2D eigenvalue weighted by Gasteiger charge is -2.05. The lowest BCUT2D eigenvalue weighted by Crippen LogP contribution is -2.12. The van der Waals surface area contributed by atoms with E-state index >= 15 is 0 Å². The van der Waals surface area contributed by atoms with E-state index in [1.54, 1.807) is 10.9 Å². The lowest BCUT2D eigenvalue weighted by atomic mass is 10.1. The van der Waals surface area contributed by atoms with Crippen molar-refractivity contribution in [1.82, 2.24) is 9.78 Å². The summed E-state index contributed by atoms with van der Waals surface area (Å²) in [6.45, 7) is 4.41. The molecule has 0 radical (unpaired) electrons. The first-order valence-electron chi connectivity index (χ1n) is 6.31. The van der Waals surface area contributed by atoms with Gasteiger partial charge in [-0.25, -0.2) is 0 Å². The minimum absolute atomic E-state index is 0.102. The minimum atomic E-state index is 0.102. The first-order chi connectivity index (χ1) is 8.70. The van der Waals surface area contributed by atoms with Gasteiger partial charge in [0.25, 0.3) is 0 Å². The van der Waals surface area contributed by atoms with Crippen molar-refractivity contribution in [3.05, 3.63) is 53.3 Å². The summed E-state index contributed by atoms with van der Waals surface area (Å²) < 4.78 is 1.72. The second-order valence-electron chi connectivity index (χ2n) is 4.50. The van der Waals surface area contributed by atoms with Crippen LogP contribution in [0, 0.1) is 6.92 Å². The van der Waals surface area contributed by atoms with Gasteiger partial charge in [0, 0.05) is 17.5 Å². The normalized spacial score (nSPS) is 10.6. The Morgan fingerprint density at radius 2 is 1.94 bits per heavy atom. The molecule has 0 unspecified atom stereocenters. The average molecular weight is 242 g/mol. The van der Waals surface area contributed by atoms with Crippen molar-refractivity contribution in [1.29, 1.82) is 0 Å². The van der Waals surface area contributed by atoms with Crippen molar-refractivity contribution < 1.29 is 4.79 Å². The van der Waals surface area contributed by atoms with Gasteiger partial charge >= 0.3 is 0 Å². The molecule has 0 saturated heterocycles. The zero-order valence-electron chi connectivity index (χ0n) is 10.9. The minimum Gasteiger partial charge on any atom is -0.292 e. The van der Waals surface area contributed by atoms with E-state index in [1.165, 1.54) is 5.56 Å². The third kappa shape index (κ3) is 2.86. The maximum absolute atomic E-state index is 12.1. The zero-order valence-corrected chi connectivity index (χ0v) is 10.9. The molecule has 1 aromatic carbocycles. The van der Waals surface area contributed by atoms with E-state index in [1.807, 2.05) is 37.3 Å². The Hall–Kier alpha value is -1.90. The van der Waals surface area contributed by atoms with E-state index < -0.39 is 0 Å². The van der Waals surface area contributed by atoms with Gasteiger partial charge < -0.3 is 0 Å². The van der Waals surface area contributed by atoms with Crippen LogP contribution in [0.25, 0.3) is 0 Å². The van der Waals surface area contributed by atoms with E-state index in [-0.39, 0.29) is 5.78 Å². The number of aromatic nitrogens is 2. The van der Waals surface area contributed by atoms with Crippen LogP contribution in [0.2, 0.25) is 0 Å². The first-order valence-corrected chi connectivity index (χ1v) is 6.31. The molecule has 0 fully saturated rings. The van der Waals surface area contributed by atoms with Gasteiger partial charge in [0.2, 0.25) is 0 Å². The summed E-state index contributed by atoms with van der Waals surface area (Å²) in [6.07, 6.45) is 3.90. The highest BCUT2D eigenvalue weighted by Crippen LogP contribution is 2.09. The fourth-order valence-corrected chi connectivity index (χ4v) is 1.94. The summed E-state index contributed by atoms with van der Waals surface area (Å²) in [7, 11) is 0. The Bertz CT molecular complexity index is 526. The molecule has 0 saturated carbocycles. The van der Waals surface area contributed by atoms with Crippen LogP contribution in [-0.4, -0.2) is 15.6 Å². The Morgan fingerprint density at radius 3 is 2.50 bits per heavy atom. The highest BCUT2D eigenvalue weighted by molar-refractivity contribution is 5.95. The van der Waals surface area contributed by atoms with Crippen LogP contribution >= 0.6 is 0 Å². The zero-order chi connectivity index (χ0) is 13.0. The topological polar surface area (TPSA) is 34.9 Å². The summed E-state index contributed by atoms with van der Waals surface area (Å²) in [4.78, 5) is 12.1. The molecule has 94 valence electrons. The maximum atomic E-state index is 12.1. The number of aryl methyl sites for hydroxylation is 2. The van der Waals surface area contributed by atoms with Gasteiger partial charge in [0.05, 0.1) is 0 Å². The molecule has 1 heterocycles. The molecule has 3 nitrogen and oxygen atoms in total. The summed E-state index contributed by atoms with van der Waals surface area (Å²) in [6, 6.07) is 9.79. The largest absolute Gasteiger partial charge is 0.292 e. The molecular weight excluding hydrogens is 224 g/mol. The number of hydrogen-bond donors (Lipinski definition) is 0. The maximum Gasteiger partial charge on any atom is 0.184 e. The fraction of sp³-hybridized carbons (Fsp3) is 0.333. The molecule has 0 N–H and O–H groups in total. The van der Waals surface area contributed by atoms with Gasteiger partial charge in [-0.1, -0.05) is 37.6 Å². The molecule has 0 aliphatic carbocycles. The predicted molar refractivity (Wildman–Crippen MR) is 71.7 cm³/mol. The molecule has 0 aliphatic rings. The molecule has 3 heteroatoms. The van der Waals surface area contributed by atoms with Crippen LogP contribution in [0.3, 0.4) is 0 Å². The van der Waals surface area contributed by atoms with E-state index in [0.717, 1.165) is 24.1 Å². The highest BCUT2D eigenvalue weighted by Gasteiger charge is 2.08. The van der Waals surface area contributed by atoms with Crippen molar-refractivity contribution in [3.63, 3.8) is 0 Å². The van der Waals surface area contributed by atoms with Gasteiger partial charge in [-0.15, -0.1) is 0 Å². The van der Waals surface area contributed by atoms with Gasteiger partial charge in [-0.2, -0.15) is 5.10 Å². The van der Waals surface area contributed by atoms with Crippen LogP contribution in [0.5, 0.6) is 0 Å². The van der Waals surface area contributed by atoms with Crippen molar-refractivity contribution in [2.45, 2.75) is 33.2 Å². The second kappa shape index (κ2) is 5.63. The second-order valence-corrected chi connectivity index (χ2v) is 4.50. The van der Waals surface area contributed by atoms with Gasteiger partial charge in [-0.3, -0.25) is 9.48 Å². The number of nitrogens with zero attached hydrogens (tertiary/aromatic N) is 2. The Morgan fingerprint density at radius 1 is 1.22 bits per heavy atom. The van der Waals surface area contributed by atoms with Crippen molar-refractivity contribution in [3.8, 4) is 0 Å². The smallest absolute Gasteiger partial charge is 0.184 e. The standard InChI is InChI=1S/C15H18N2O/c1-3-4-13-5-7-14(8-6-13)15(18)11-17-12(2)9-10-16-17/h5-10H,3-4,11H2,1-2H3. The van der Waals surface area contributed by atoms with E-state index in [2.05, 4.69) is 12.0 Å². The van der Waals surface area contributed by atoms with Crippen LogP contribution in [0.1, 0.15) is 35.0 Å².